The normalized spacial score (nSPS) is 12.4. The van der Waals surface area contributed by atoms with Gasteiger partial charge in [0.25, 0.3) is 0 Å². The highest BCUT2D eigenvalue weighted by Gasteiger charge is 2.35. The lowest BCUT2D eigenvalue weighted by Gasteiger charge is -2.17. The Morgan fingerprint density at radius 3 is 2.41 bits per heavy atom. The van der Waals surface area contributed by atoms with Crippen LogP contribution in [-0.2, 0) is 23.6 Å². The summed E-state index contributed by atoms with van der Waals surface area (Å²) >= 11 is 0. The Labute approximate surface area is 193 Å². The molecule has 34 heavy (non-hydrogen) atoms. The van der Waals surface area contributed by atoms with Gasteiger partial charge in [0, 0.05) is 31.3 Å². The third-order valence-electron chi connectivity index (χ3n) is 4.55. The molecule has 0 bridgehead atoms. The molecule has 0 saturated carbocycles. The molecule has 0 aliphatic carbocycles. The Hall–Kier alpha value is -3.56. The van der Waals surface area contributed by atoms with E-state index < -0.39 is 41.2 Å². The van der Waals surface area contributed by atoms with Crippen LogP contribution in [0.3, 0.4) is 0 Å². The van der Waals surface area contributed by atoms with Gasteiger partial charge in [-0.05, 0) is 17.7 Å². The quantitative estimate of drug-likeness (QED) is 0.275. The molecule has 1 atom stereocenters. The molecule has 2 heterocycles. The van der Waals surface area contributed by atoms with Crippen LogP contribution in [0, 0.1) is 0 Å². The summed E-state index contributed by atoms with van der Waals surface area (Å²) in [6.07, 6.45) is -2.67. The van der Waals surface area contributed by atoms with E-state index in [-0.39, 0.29) is 24.0 Å². The summed E-state index contributed by atoms with van der Waals surface area (Å²) in [5.41, 5.74) is -0.165. The van der Waals surface area contributed by atoms with E-state index in [1.54, 1.807) is 0 Å². The van der Waals surface area contributed by atoms with Crippen molar-refractivity contribution in [1.82, 2.24) is 19.9 Å². The SMILES string of the molecule is CN(c1nccnc1CNc1nc(Nc2ccc(C(O)CO)cc2)ncc1C(F)(F)F)[SH](=O)=O. The fraction of sp³-hybridized carbons (Fsp3) is 0.263. The maximum Gasteiger partial charge on any atom is 0.421 e. The maximum absolute atomic E-state index is 13.5. The molecule has 2 aromatic heterocycles. The minimum atomic E-state index is -4.76. The number of aromatic nitrogens is 4. The predicted octanol–water partition coefficient (Wildman–Crippen LogP) is 1.63. The number of rotatable bonds is 9. The number of alkyl halides is 3. The lowest BCUT2D eigenvalue weighted by Crippen LogP contribution is -2.20. The first-order chi connectivity index (χ1) is 16.1. The van der Waals surface area contributed by atoms with Crippen LogP contribution in [0.5, 0.6) is 0 Å². The van der Waals surface area contributed by atoms with E-state index in [4.69, 9.17) is 5.11 Å². The maximum atomic E-state index is 13.5. The molecule has 4 N–H and O–H groups in total. The second kappa shape index (κ2) is 10.6. The summed E-state index contributed by atoms with van der Waals surface area (Å²) in [6.45, 7) is -0.762. The van der Waals surface area contributed by atoms with E-state index in [0.717, 1.165) is 4.31 Å². The van der Waals surface area contributed by atoms with Gasteiger partial charge >= 0.3 is 6.18 Å². The smallest absolute Gasteiger partial charge is 0.393 e. The molecule has 0 aliphatic rings. The number of thiol groups is 1. The van der Waals surface area contributed by atoms with Crippen LogP contribution in [0.25, 0.3) is 0 Å². The number of hydrogen-bond acceptors (Lipinski definition) is 10. The molecule has 0 saturated heterocycles. The highest BCUT2D eigenvalue weighted by molar-refractivity contribution is 7.74. The summed E-state index contributed by atoms with van der Waals surface area (Å²) in [5, 5.41) is 23.9. The van der Waals surface area contributed by atoms with Gasteiger partial charge in [-0.3, -0.25) is 9.29 Å². The molecule has 1 aromatic carbocycles. The number of nitrogens with zero attached hydrogens (tertiary/aromatic N) is 5. The Balaban J connectivity index is 1.86. The van der Waals surface area contributed by atoms with Crippen LogP contribution in [0.15, 0.2) is 42.9 Å². The van der Waals surface area contributed by atoms with Crippen LogP contribution < -0.4 is 14.9 Å². The first kappa shape index (κ1) is 25.1. The summed E-state index contributed by atoms with van der Waals surface area (Å²) in [5.74, 6) is -0.745. The molecule has 11 nitrogen and oxygen atoms in total. The van der Waals surface area contributed by atoms with Crippen LogP contribution in [0.2, 0.25) is 0 Å². The van der Waals surface area contributed by atoms with Gasteiger partial charge in [0.2, 0.25) is 16.8 Å². The van der Waals surface area contributed by atoms with Crippen LogP contribution >= 0.6 is 0 Å². The zero-order valence-corrected chi connectivity index (χ0v) is 18.5. The molecule has 3 aromatic rings. The number of aliphatic hydroxyl groups excluding tert-OH is 2. The second-order valence-corrected chi connectivity index (χ2v) is 7.92. The predicted molar refractivity (Wildman–Crippen MR) is 117 cm³/mol. The topological polar surface area (TPSA) is 153 Å². The summed E-state index contributed by atoms with van der Waals surface area (Å²) in [4.78, 5) is 15.5. The average molecular weight is 499 g/mol. The monoisotopic (exact) mass is 499 g/mol. The molecule has 1 unspecified atom stereocenters. The molecule has 15 heteroatoms. The van der Waals surface area contributed by atoms with E-state index >= 15 is 0 Å². The fourth-order valence-electron chi connectivity index (χ4n) is 2.81. The first-order valence-corrected chi connectivity index (χ1v) is 10.7. The molecule has 0 spiro atoms. The standard InChI is InChI=1S/C19H20F3N7O4S/c1-29(34(32)33)17-14(23-6-7-24-17)9-25-16-13(19(20,21)22)8-26-18(28-16)27-12-4-2-11(3-5-12)15(31)10-30/h2-8,15,30-31,34H,9-10H2,1H3,(H2,25,26,27,28). The number of aliphatic hydroxyl groups is 2. The van der Waals surface area contributed by atoms with Crippen molar-refractivity contribution in [3.63, 3.8) is 0 Å². The van der Waals surface area contributed by atoms with E-state index in [1.807, 2.05) is 0 Å². The van der Waals surface area contributed by atoms with E-state index in [2.05, 4.69) is 30.6 Å². The van der Waals surface area contributed by atoms with Gasteiger partial charge < -0.3 is 20.8 Å². The third-order valence-corrected chi connectivity index (χ3v) is 5.22. The molecule has 3 rings (SSSR count). The third kappa shape index (κ3) is 6.06. The van der Waals surface area contributed by atoms with Gasteiger partial charge in [0.1, 0.15) is 23.2 Å². The van der Waals surface area contributed by atoms with Crippen molar-refractivity contribution in [3.05, 3.63) is 59.7 Å². The van der Waals surface area contributed by atoms with Crippen molar-refractivity contribution in [1.29, 1.82) is 0 Å². The van der Waals surface area contributed by atoms with Gasteiger partial charge in [0.15, 0.2) is 5.82 Å². The second-order valence-electron chi connectivity index (χ2n) is 6.84. The minimum absolute atomic E-state index is 0.0442. The molecule has 0 fully saturated rings. The lowest BCUT2D eigenvalue weighted by atomic mass is 10.1. The van der Waals surface area contributed by atoms with Crippen molar-refractivity contribution >= 4 is 34.2 Å². The number of nitrogens with one attached hydrogen (secondary N) is 2. The van der Waals surface area contributed by atoms with Gasteiger partial charge in [-0.15, -0.1) is 0 Å². The van der Waals surface area contributed by atoms with Crippen molar-refractivity contribution in [2.75, 3.05) is 28.6 Å². The van der Waals surface area contributed by atoms with Crippen LogP contribution in [0.4, 0.5) is 36.4 Å². The zero-order valence-electron chi connectivity index (χ0n) is 17.6. The highest BCUT2D eigenvalue weighted by Crippen LogP contribution is 2.34. The number of anilines is 4. The van der Waals surface area contributed by atoms with Gasteiger partial charge in [-0.1, -0.05) is 12.1 Å². The Morgan fingerprint density at radius 2 is 1.79 bits per heavy atom. The molecule has 182 valence electrons. The number of hydrogen-bond donors (Lipinski definition) is 5. The molecule has 0 amide bonds. The van der Waals surface area contributed by atoms with E-state index in [9.17, 15) is 26.7 Å². The molecular weight excluding hydrogens is 479 g/mol. The van der Waals surface area contributed by atoms with E-state index in [1.165, 1.54) is 43.7 Å². The van der Waals surface area contributed by atoms with E-state index in [0.29, 0.717) is 17.4 Å². The summed E-state index contributed by atoms with van der Waals surface area (Å²) in [7, 11) is -1.79. The Kier molecular flexibility index (Phi) is 7.80. The average Bonchev–Trinajstić information content (AvgIpc) is 2.81. The number of halogens is 3. The van der Waals surface area contributed by atoms with Gasteiger partial charge in [-0.25, -0.2) is 18.4 Å². The van der Waals surface area contributed by atoms with Crippen molar-refractivity contribution < 1.29 is 31.8 Å². The summed E-state index contributed by atoms with van der Waals surface area (Å²) < 4.78 is 63.9. The Morgan fingerprint density at radius 1 is 1.12 bits per heavy atom. The van der Waals surface area contributed by atoms with Crippen molar-refractivity contribution in [3.8, 4) is 0 Å². The van der Waals surface area contributed by atoms with Crippen LogP contribution in [-0.4, -0.2) is 52.2 Å². The highest BCUT2D eigenvalue weighted by atomic mass is 32.2. The molecule has 0 radical (unpaired) electrons. The van der Waals surface area contributed by atoms with Crippen LogP contribution in [0.1, 0.15) is 22.9 Å². The molecule has 0 aliphatic heterocycles. The Bertz CT molecular complexity index is 1200. The van der Waals surface area contributed by atoms with Gasteiger partial charge in [-0.2, -0.15) is 18.2 Å². The molecular formula is C19H20F3N7O4S. The largest absolute Gasteiger partial charge is 0.421 e. The number of benzene rings is 1. The van der Waals surface area contributed by atoms with Crippen molar-refractivity contribution in [2.24, 2.45) is 0 Å². The minimum Gasteiger partial charge on any atom is -0.393 e. The van der Waals surface area contributed by atoms with Crippen molar-refractivity contribution in [2.45, 2.75) is 18.8 Å². The summed E-state index contributed by atoms with van der Waals surface area (Å²) in [6, 6.07) is 6.13. The fourth-order valence-corrected chi connectivity index (χ4v) is 3.13. The zero-order chi connectivity index (χ0) is 24.9. The lowest BCUT2D eigenvalue weighted by molar-refractivity contribution is -0.137. The van der Waals surface area contributed by atoms with Gasteiger partial charge in [0.05, 0.1) is 13.2 Å². The first-order valence-electron chi connectivity index (χ1n) is 9.62.